The van der Waals surface area contributed by atoms with Crippen molar-refractivity contribution in [2.24, 2.45) is 0 Å². The third-order valence-electron chi connectivity index (χ3n) is 5.56. The topological polar surface area (TPSA) is 79.9 Å². The van der Waals surface area contributed by atoms with Gasteiger partial charge in [-0.25, -0.2) is 0 Å². The summed E-state index contributed by atoms with van der Waals surface area (Å²) in [6.45, 7) is 4.20. The molecule has 3 aromatic rings. The van der Waals surface area contributed by atoms with Crippen LogP contribution in [0.25, 0.3) is 6.08 Å². The molecule has 3 aromatic carbocycles. The predicted octanol–water partition coefficient (Wildman–Crippen LogP) is 4.35. The van der Waals surface area contributed by atoms with Crippen molar-refractivity contribution in [1.29, 1.82) is 0 Å². The SMILES string of the molecule is O=C(NCCN1CCOCC1)/C(=C/c1cccc(Oc2ccccc2)c1)NC(=O)c1ccc(Cl)cc1. The Labute approximate surface area is 215 Å². The van der Waals surface area contributed by atoms with Crippen LogP contribution in [0.3, 0.4) is 0 Å². The van der Waals surface area contributed by atoms with E-state index in [4.69, 9.17) is 21.1 Å². The fourth-order valence-electron chi connectivity index (χ4n) is 3.66. The van der Waals surface area contributed by atoms with Crippen LogP contribution in [-0.4, -0.2) is 56.1 Å². The Kier molecular flexibility index (Phi) is 9.10. The fraction of sp³-hybridized carbons (Fsp3) is 0.214. The lowest BCUT2D eigenvalue weighted by Gasteiger charge is -2.26. The maximum atomic E-state index is 13.1. The highest BCUT2D eigenvalue weighted by molar-refractivity contribution is 6.30. The molecule has 186 valence electrons. The van der Waals surface area contributed by atoms with Crippen molar-refractivity contribution < 1.29 is 19.1 Å². The number of rotatable bonds is 9. The second-order valence-electron chi connectivity index (χ2n) is 8.22. The summed E-state index contributed by atoms with van der Waals surface area (Å²) >= 11 is 5.94. The molecule has 1 fully saturated rings. The number of nitrogens with one attached hydrogen (secondary N) is 2. The van der Waals surface area contributed by atoms with Crippen LogP contribution in [0.1, 0.15) is 15.9 Å². The molecule has 8 heteroatoms. The number of morpholine rings is 1. The molecule has 0 bridgehead atoms. The highest BCUT2D eigenvalue weighted by atomic mass is 35.5. The number of hydrogen-bond acceptors (Lipinski definition) is 5. The summed E-state index contributed by atoms with van der Waals surface area (Å²) in [5.41, 5.74) is 1.24. The molecule has 0 atom stereocenters. The van der Waals surface area contributed by atoms with Crippen LogP contribution in [0, 0.1) is 0 Å². The van der Waals surface area contributed by atoms with Gasteiger partial charge in [-0.05, 0) is 60.2 Å². The van der Waals surface area contributed by atoms with Crippen LogP contribution < -0.4 is 15.4 Å². The van der Waals surface area contributed by atoms with Gasteiger partial charge in [0.25, 0.3) is 11.8 Å². The number of carbonyl (C=O) groups excluding carboxylic acids is 2. The van der Waals surface area contributed by atoms with E-state index < -0.39 is 5.91 Å². The first-order valence-electron chi connectivity index (χ1n) is 11.8. The monoisotopic (exact) mass is 505 g/mol. The lowest BCUT2D eigenvalue weighted by molar-refractivity contribution is -0.117. The number of amides is 2. The third kappa shape index (κ3) is 7.68. The second-order valence-corrected chi connectivity index (χ2v) is 8.65. The number of benzene rings is 3. The Hall–Kier alpha value is -3.65. The number of ether oxygens (including phenoxy) is 2. The van der Waals surface area contributed by atoms with Gasteiger partial charge >= 0.3 is 0 Å². The van der Waals surface area contributed by atoms with Gasteiger partial charge in [0.15, 0.2) is 0 Å². The molecule has 2 N–H and O–H groups in total. The third-order valence-corrected chi connectivity index (χ3v) is 5.82. The quantitative estimate of drug-likeness (QED) is 0.423. The maximum absolute atomic E-state index is 13.1. The Bertz CT molecular complexity index is 1190. The molecule has 1 heterocycles. The van der Waals surface area contributed by atoms with Gasteiger partial charge in [-0.3, -0.25) is 14.5 Å². The van der Waals surface area contributed by atoms with Gasteiger partial charge in [0.05, 0.1) is 13.2 Å². The maximum Gasteiger partial charge on any atom is 0.267 e. The van der Waals surface area contributed by atoms with Gasteiger partial charge in [0, 0.05) is 36.8 Å². The Morgan fingerprint density at radius 1 is 0.944 bits per heavy atom. The number of nitrogens with zero attached hydrogens (tertiary/aromatic N) is 1. The lowest BCUT2D eigenvalue weighted by Crippen LogP contribution is -2.42. The summed E-state index contributed by atoms with van der Waals surface area (Å²) in [6, 6.07) is 23.2. The van der Waals surface area contributed by atoms with Crippen molar-refractivity contribution in [2.75, 3.05) is 39.4 Å². The molecule has 1 saturated heterocycles. The minimum atomic E-state index is -0.405. The molecule has 1 aliphatic rings. The van der Waals surface area contributed by atoms with Crippen LogP contribution >= 0.6 is 11.6 Å². The highest BCUT2D eigenvalue weighted by Crippen LogP contribution is 2.23. The summed E-state index contributed by atoms with van der Waals surface area (Å²) in [6.07, 6.45) is 1.63. The van der Waals surface area contributed by atoms with Crippen LogP contribution in [0.4, 0.5) is 0 Å². The van der Waals surface area contributed by atoms with Crippen molar-refractivity contribution in [2.45, 2.75) is 0 Å². The van der Waals surface area contributed by atoms with E-state index in [0.29, 0.717) is 54.0 Å². The van der Waals surface area contributed by atoms with Gasteiger partial charge in [-0.1, -0.05) is 41.9 Å². The number of halogens is 1. The summed E-state index contributed by atoms with van der Waals surface area (Å²) in [4.78, 5) is 28.2. The number of carbonyl (C=O) groups is 2. The number of hydrogen-bond donors (Lipinski definition) is 2. The molecule has 0 aliphatic carbocycles. The van der Waals surface area contributed by atoms with Crippen molar-refractivity contribution in [3.05, 3.63) is 101 Å². The van der Waals surface area contributed by atoms with Gasteiger partial charge < -0.3 is 20.1 Å². The smallest absolute Gasteiger partial charge is 0.267 e. The van der Waals surface area contributed by atoms with E-state index in [0.717, 1.165) is 13.1 Å². The van der Waals surface area contributed by atoms with Crippen molar-refractivity contribution in [3.8, 4) is 11.5 Å². The average Bonchev–Trinajstić information content (AvgIpc) is 2.90. The molecular formula is C28H28ClN3O4. The van der Waals surface area contributed by atoms with Gasteiger partial charge in [-0.15, -0.1) is 0 Å². The summed E-state index contributed by atoms with van der Waals surface area (Å²) in [5.74, 6) is 0.541. The molecule has 1 aliphatic heterocycles. The van der Waals surface area contributed by atoms with E-state index >= 15 is 0 Å². The van der Waals surface area contributed by atoms with Crippen molar-refractivity contribution in [1.82, 2.24) is 15.5 Å². The lowest BCUT2D eigenvalue weighted by atomic mass is 10.1. The molecule has 2 amide bonds. The Balaban J connectivity index is 1.50. The first-order chi connectivity index (χ1) is 17.6. The van der Waals surface area contributed by atoms with E-state index in [2.05, 4.69) is 15.5 Å². The normalized spacial score (nSPS) is 14.2. The first-order valence-corrected chi connectivity index (χ1v) is 12.1. The van der Waals surface area contributed by atoms with E-state index in [1.165, 1.54) is 0 Å². The zero-order valence-electron chi connectivity index (χ0n) is 19.8. The van der Waals surface area contributed by atoms with Crippen molar-refractivity contribution in [3.63, 3.8) is 0 Å². The fourth-order valence-corrected chi connectivity index (χ4v) is 3.79. The van der Waals surface area contributed by atoms with Crippen LogP contribution in [-0.2, 0) is 9.53 Å². The van der Waals surface area contributed by atoms with Crippen LogP contribution in [0.2, 0.25) is 5.02 Å². The van der Waals surface area contributed by atoms with Crippen molar-refractivity contribution >= 4 is 29.5 Å². The number of para-hydroxylation sites is 1. The predicted molar refractivity (Wildman–Crippen MR) is 140 cm³/mol. The summed E-state index contributed by atoms with van der Waals surface area (Å²) in [5, 5.41) is 6.19. The minimum Gasteiger partial charge on any atom is -0.457 e. The van der Waals surface area contributed by atoms with Gasteiger partial charge in [0.1, 0.15) is 17.2 Å². The minimum absolute atomic E-state index is 0.133. The van der Waals surface area contributed by atoms with E-state index in [9.17, 15) is 9.59 Å². The van der Waals surface area contributed by atoms with Gasteiger partial charge in [-0.2, -0.15) is 0 Å². The molecule has 0 spiro atoms. The zero-order valence-corrected chi connectivity index (χ0v) is 20.5. The van der Waals surface area contributed by atoms with E-state index in [-0.39, 0.29) is 11.6 Å². The molecule has 0 aromatic heterocycles. The second kappa shape index (κ2) is 12.9. The van der Waals surface area contributed by atoms with E-state index in [1.807, 2.05) is 54.6 Å². The molecule has 0 saturated carbocycles. The molecule has 4 rings (SSSR count). The molecule has 7 nitrogen and oxygen atoms in total. The molecule has 36 heavy (non-hydrogen) atoms. The molecule has 0 radical (unpaired) electrons. The standard InChI is InChI=1S/C28H28ClN3O4/c29-23-11-9-22(10-12-23)27(33)31-26(28(34)30-13-14-32-15-17-35-18-16-32)20-21-5-4-8-25(19-21)36-24-6-2-1-3-7-24/h1-12,19-20H,13-18H2,(H,30,34)(H,31,33)/b26-20-. The van der Waals surface area contributed by atoms with Crippen LogP contribution in [0.15, 0.2) is 84.6 Å². The largest absolute Gasteiger partial charge is 0.457 e. The Morgan fingerprint density at radius 3 is 2.42 bits per heavy atom. The summed E-state index contributed by atoms with van der Waals surface area (Å²) in [7, 11) is 0. The van der Waals surface area contributed by atoms with Crippen LogP contribution in [0.5, 0.6) is 11.5 Å². The Morgan fingerprint density at radius 2 is 1.67 bits per heavy atom. The highest BCUT2D eigenvalue weighted by Gasteiger charge is 2.16. The van der Waals surface area contributed by atoms with Gasteiger partial charge in [0.2, 0.25) is 0 Å². The zero-order chi connectivity index (χ0) is 25.2. The first kappa shape index (κ1) is 25.4. The average molecular weight is 506 g/mol. The van der Waals surface area contributed by atoms with E-state index in [1.54, 1.807) is 30.3 Å². The molecular weight excluding hydrogens is 478 g/mol. The summed E-state index contributed by atoms with van der Waals surface area (Å²) < 4.78 is 11.3. The molecule has 0 unspecified atom stereocenters.